The number of para-hydroxylation sites is 1. The van der Waals surface area contributed by atoms with Crippen LogP contribution in [0.25, 0.3) is 21.5 Å². The van der Waals surface area contributed by atoms with Gasteiger partial charge in [0.25, 0.3) is 5.91 Å². The highest BCUT2D eigenvalue weighted by atomic mass is 35.5. The van der Waals surface area contributed by atoms with Gasteiger partial charge in [0.1, 0.15) is 5.76 Å². The van der Waals surface area contributed by atoms with Gasteiger partial charge in [0.2, 0.25) is 0 Å². The molecule has 0 bridgehead atoms. The van der Waals surface area contributed by atoms with Crippen LogP contribution in [0.15, 0.2) is 47.0 Å². The lowest BCUT2D eigenvalue weighted by Gasteiger charge is -2.18. The van der Waals surface area contributed by atoms with E-state index < -0.39 is 0 Å². The highest BCUT2D eigenvalue weighted by Gasteiger charge is 2.20. The van der Waals surface area contributed by atoms with Crippen molar-refractivity contribution >= 4 is 39.7 Å². The molecule has 0 N–H and O–H groups in total. The fourth-order valence-corrected chi connectivity index (χ4v) is 4.18. The average Bonchev–Trinajstić information content (AvgIpc) is 3.27. The zero-order valence-corrected chi connectivity index (χ0v) is 17.3. The molecule has 1 amide bonds. The Morgan fingerprint density at radius 3 is 2.68 bits per heavy atom. The molecule has 5 nitrogen and oxygen atoms in total. The first-order chi connectivity index (χ1) is 13.4. The fraction of sp³-hybridized carbons (Fsp3) is 0.190. The predicted molar refractivity (Wildman–Crippen MR) is 112 cm³/mol. The van der Waals surface area contributed by atoms with Crippen molar-refractivity contribution in [2.75, 3.05) is 7.05 Å². The molecule has 3 heterocycles. The molecule has 0 saturated heterocycles. The number of amides is 1. The molecule has 0 spiro atoms. The van der Waals surface area contributed by atoms with Gasteiger partial charge in [-0.3, -0.25) is 4.79 Å². The maximum absolute atomic E-state index is 13.3. The molecule has 0 fully saturated rings. The number of hydrogen-bond acceptors (Lipinski definition) is 5. The van der Waals surface area contributed by atoms with Crippen molar-refractivity contribution in [3.63, 3.8) is 0 Å². The second-order valence-corrected chi connectivity index (χ2v) is 8.35. The third-order valence-electron chi connectivity index (χ3n) is 4.70. The zero-order valence-electron chi connectivity index (χ0n) is 15.7. The molecule has 0 aliphatic heterocycles. The van der Waals surface area contributed by atoms with Gasteiger partial charge in [-0.15, -0.1) is 11.3 Å². The summed E-state index contributed by atoms with van der Waals surface area (Å²) in [6.07, 6.45) is 0. The molecule has 28 heavy (non-hydrogen) atoms. The Labute approximate surface area is 171 Å². The van der Waals surface area contributed by atoms with Crippen LogP contribution >= 0.6 is 22.9 Å². The largest absolute Gasteiger partial charge is 0.361 e. The van der Waals surface area contributed by atoms with E-state index in [1.165, 1.54) is 11.3 Å². The maximum atomic E-state index is 13.3. The lowest BCUT2D eigenvalue weighted by Crippen LogP contribution is -2.27. The summed E-state index contributed by atoms with van der Waals surface area (Å²) in [6, 6.07) is 13.3. The van der Waals surface area contributed by atoms with Crippen molar-refractivity contribution in [2.24, 2.45) is 0 Å². The normalized spacial score (nSPS) is 11.1. The number of rotatable bonds is 4. The van der Waals surface area contributed by atoms with Gasteiger partial charge in [0.15, 0.2) is 0 Å². The number of pyridine rings is 1. The molecular weight excluding hydrogens is 394 g/mol. The van der Waals surface area contributed by atoms with Gasteiger partial charge in [-0.05, 0) is 38.1 Å². The van der Waals surface area contributed by atoms with Crippen LogP contribution in [-0.4, -0.2) is 28.0 Å². The maximum Gasteiger partial charge on any atom is 0.254 e. The fourth-order valence-electron chi connectivity index (χ4n) is 3.17. The molecule has 7 heteroatoms. The minimum Gasteiger partial charge on any atom is -0.361 e. The van der Waals surface area contributed by atoms with Crippen LogP contribution in [0, 0.1) is 13.8 Å². The number of fused-ring (bicyclic) bond motifs is 1. The van der Waals surface area contributed by atoms with Gasteiger partial charge in [-0.2, -0.15) is 0 Å². The van der Waals surface area contributed by atoms with E-state index in [-0.39, 0.29) is 5.91 Å². The molecule has 4 rings (SSSR count). The van der Waals surface area contributed by atoms with E-state index in [4.69, 9.17) is 21.1 Å². The highest BCUT2D eigenvalue weighted by Crippen LogP contribution is 2.32. The van der Waals surface area contributed by atoms with E-state index in [1.807, 2.05) is 56.3 Å². The van der Waals surface area contributed by atoms with Gasteiger partial charge in [-0.1, -0.05) is 35.0 Å². The summed E-state index contributed by atoms with van der Waals surface area (Å²) in [5.41, 5.74) is 3.85. The summed E-state index contributed by atoms with van der Waals surface area (Å²) >= 11 is 7.53. The van der Waals surface area contributed by atoms with Gasteiger partial charge in [0, 0.05) is 18.0 Å². The number of benzene rings is 1. The minimum atomic E-state index is -0.0810. The molecular formula is C21H18ClN3O2S. The van der Waals surface area contributed by atoms with Crippen LogP contribution in [0.4, 0.5) is 0 Å². The molecule has 0 atom stereocenters. The molecule has 4 aromatic rings. The molecule has 0 saturated carbocycles. The van der Waals surface area contributed by atoms with Crippen LogP contribution < -0.4 is 0 Å². The van der Waals surface area contributed by atoms with Crippen LogP contribution in [0.3, 0.4) is 0 Å². The van der Waals surface area contributed by atoms with E-state index >= 15 is 0 Å². The van der Waals surface area contributed by atoms with Crippen molar-refractivity contribution in [1.29, 1.82) is 0 Å². The molecule has 3 aromatic heterocycles. The summed E-state index contributed by atoms with van der Waals surface area (Å²) in [6.45, 7) is 4.16. The summed E-state index contributed by atoms with van der Waals surface area (Å²) in [7, 11) is 1.78. The van der Waals surface area contributed by atoms with Gasteiger partial charge in [-0.25, -0.2) is 4.98 Å². The van der Waals surface area contributed by atoms with Crippen molar-refractivity contribution in [3.8, 4) is 10.6 Å². The quantitative estimate of drug-likeness (QED) is 0.445. The van der Waals surface area contributed by atoms with Crippen LogP contribution in [0.2, 0.25) is 4.34 Å². The zero-order chi connectivity index (χ0) is 19.8. The number of nitrogens with zero attached hydrogens (tertiary/aromatic N) is 3. The summed E-state index contributed by atoms with van der Waals surface area (Å²) in [4.78, 5) is 20.7. The van der Waals surface area contributed by atoms with Crippen molar-refractivity contribution in [3.05, 3.63) is 69.4 Å². The van der Waals surface area contributed by atoms with Gasteiger partial charge < -0.3 is 9.42 Å². The monoisotopic (exact) mass is 411 g/mol. The highest BCUT2D eigenvalue weighted by molar-refractivity contribution is 7.19. The number of thiophene rings is 1. The average molecular weight is 412 g/mol. The number of hydrogen-bond donors (Lipinski definition) is 0. The van der Waals surface area contributed by atoms with E-state index in [0.717, 1.165) is 38.5 Å². The summed E-state index contributed by atoms with van der Waals surface area (Å²) in [5, 5.41) is 4.80. The predicted octanol–water partition coefficient (Wildman–Crippen LogP) is 5.49. The van der Waals surface area contributed by atoms with E-state index in [2.05, 4.69) is 5.16 Å². The number of halogens is 1. The molecule has 142 valence electrons. The Bertz CT molecular complexity index is 1160. The van der Waals surface area contributed by atoms with Crippen LogP contribution in [0.5, 0.6) is 0 Å². The number of carbonyl (C=O) groups excluding carboxylic acids is 1. The lowest BCUT2D eigenvalue weighted by molar-refractivity contribution is 0.0786. The third kappa shape index (κ3) is 3.41. The summed E-state index contributed by atoms with van der Waals surface area (Å²) < 4.78 is 5.91. The van der Waals surface area contributed by atoms with Crippen molar-refractivity contribution < 1.29 is 9.32 Å². The molecule has 0 unspecified atom stereocenters. The van der Waals surface area contributed by atoms with E-state index in [9.17, 15) is 4.79 Å². The molecule has 0 aliphatic carbocycles. The Kier molecular flexibility index (Phi) is 4.91. The van der Waals surface area contributed by atoms with Crippen molar-refractivity contribution in [1.82, 2.24) is 15.0 Å². The Balaban J connectivity index is 1.77. The lowest BCUT2D eigenvalue weighted by atomic mass is 10.1. The first kappa shape index (κ1) is 18.7. The SMILES string of the molecule is Cc1noc(C)c1CN(C)C(=O)c1cc(-c2ccc(Cl)s2)nc2ccccc12. The van der Waals surface area contributed by atoms with E-state index in [0.29, 0.717) is 16.4 Å². The standard InChI is InChI=1S/C21H18ClN3O2S/c1-12-16(13(2)27-24-12)11-25(3)21(26)15-10-18(19-8-9-20(22)28-19)23-17-7-5-4-6-14(15)17/h4-10H,11H2,1-3H3. The smallest absolute Gasteiger partial charge is 0.254 e. The van der Waals surface area contributed by atoms with Gasteiger partial charge in [0.05, 0.1) is 38.2 Å². The Morgan fingerprint density at radius 2 is 2.00 bits per heavy atom. The minimum absolute atomic E-state index is 0.0810. The van der Waals surface area contributed by atoms with Crippen LogP contribution in [-0.2, 0) is 6.54 Å². The second-order valence-electron chi connectivity index (χ2n) is 6.64. The van der Waals surface area contributed by atoms with E-state index in [1.54, 1.807) is 11.9 Å². The second kappa shape index (κ2) is 7.37. The topological polar surface area (TPSA) is 59.2 Å². The molecule has 0 radical (unpaired) electrons. The number of aromatic nitrogens is 2. The first-order valence-electron chi connectivity index (χ1n) is 8.76. The van der Waals surface area contributed by atoms with Crippen LogP contribution in [0.1, 0.15) is 27.4 Å². The number of carbonyl (C=O) groups is 1. The number of aryl methyl sites for hydroxylation is 2. The molecule has 0 aliphatic rings. The van der Waals surface area contributed by atoms with Crippen molar-refractivity contribution in [2.45, 2.75) is 20.4 Å². The Hall–Kier alpha value is -2.70. The third-order valence-corrected chi connectivity index (χ3v) is 5.95. The summed E-state index contributed by atoms with van der Waals surface area (Å²) in [5.74, 6) is 0.646. The first-order valence-corrected chi connectivity index (χ1v) is 9.96. The Morgan fingerprint density at radius 1 is 1.21 bits per heavy atom. The molecule has 1 aromatic carbocycles. The van der Waals surface area contributed by atoms with Gasteiger partial charge >= 0.3 is 0 Å².